The Balaban J connectivity index is 2.07. The lowest BCUT2D eigenvalue weighted by Crippen LogP contribution is -2.55. The molecule has 3 rings (SSSR count). The lowest BCUT2D eigenvalue weighted by Gasteiger charge is -2.35. The number of methoxy groups -OCH3 is 1. The predicted octanol–water partition coefficient (Wildman–Crippen LogP) is 5.23. The molecule has 0 aromatic heterocycles. The molecule has 0 radical (unpaired) electrons. The van der Waals surface area contributed by atoms with Crippen molar-refractivity contribution in [1.29, 1.82) is 0 Å². The van der Waals surface area contributed by atoms with Crippen LogP contribution in [0.3, 0.4) is 0 Å². The van der Waals surface area contributed by atoms with Gasteiger partial charge in [0.2, 0.25) is 11.8 Å². The normalized spacial score (nSPS) is 12.4. The summed E-state index contributed by atoms with van der Waals surface area (Å²) in [6.45, 7) is 11.0. The van der Waals surface area contributed by atoms with Crippen molar-refractivity contribution in [3.05, 3.63) is 89.5 Å². The van der Waals surface area contributed by atoms with Crippen LogP contribution in [0, 0.1) is 13.8 Å². The van der Waals surface area contributed by atoms with Crippen LogP contribution in [0.5, 0.6) is 5.75 Å². The van der Waals surface area contributed by atoms with Crippen molar-refractivity contribution in [2.45, 2.75) is 71.0 Å². The minimum absolute atomic E-state index is 0.0226. The maximum atomic E-state index is 14.2. The standard InChI is InChI=1S/C32H41N3O5S/c1-8-29(31(37)33-32(4,5)6)34(21-25-11-9-10-24(3)20-25)30(36)22-35(26-14-12-23(2)13-15-26)41(38,39)28-18-16-27(40-7)17-19-28/h9-20,29H,8,21-22H2,1-7H3,(H,33,37)/t29-/m1/s1. The highest BCUT2D eigenvalue weighted by Crippen LogP contribution is 2.26. The summed E-state index contributed by atoms with van der Waals surface area (Å²) >= 11 is 0. The largest absolute Gasteiger partial charge is 0.497 e. The fraction of sp³-hybridized carbons (Fsp3) is 0.375. The molecule has 0 heterocycles. The molecule has 1 atom stereocenters. The van der Waals surface area contributed by atoms with Crippen molar-refractivity contribution in [2.24, 2.45) is 0 Å². The Morgan fingerprint density at radius 2 is 1.56 bits per heavy atom. The zero-order chi connectivity index (χ0) is 30.4. The van der Waals surface area contributed by atoms with Gasteiger partial charge in [0.1, 0.15) is 18.3 Å². The van der Waals surface area contributed by atoms with Gasteiger partial charge >= 0.3 is 0 Å². The number of ether oxygens (including phenoxy) is 1. The molecule has 0 spiro atoms. The Morgan fingerprint density at radius 3 is 2.10 bits per heavy atom. The topological polar surface area (TPSA) is 96.0 Å². The van der Waals surface area contributed by atoms with Gasteiger partial charge in [-0.05, 0) is 83.0 Å². The molecule has 0 bridgehead atoms. The van der Waals surface area contributed by atoms with Crippen molar-refractivity contribution in [2.75, 3.05) is 18.0 Å². The highest BCUT2D eigenvalue weighted by molar-refractivity contribution is 7.92. The molecule has 8 nitrogen and oxygen atoms in total. The third kappa shape index (κ3) is 8.33. The van der Waals surface area contributed by atoms with Crippen molar-refractivity contribution in [3.63, 3.8) is 0 Å². The van der Waals surface area contributed by atoms with Crippen LogP contribution in [0.25, 0.3) is 0 Å². The molecule has 0 aliphatic rings. The quantitative estimate of drug-likeness (QED) is 0.336. The van der Waals surface area contributed by atoms with Crippen LogP contribution >= 0.6 is 0 Å². The first kappa shape index (κ1) is 31.7. The van der Waals surface area contributed by atoms with Crippen LogP contribution in [0.2, 0.25) is 0 Å². The number of nitrogens with zero attached hydrogens (tertiary/aromatic N) is 2. The maximum Gasteiger partial charge on any atom is 0.264 e. The Labute approximate surface area is 244 Å². The summed E-state index contributed by atoms with van der Waals surface area (Å²) in [5.41, 5.74) is 2.66. The fourth-order valence-electron chi connectivity index (χ4n) is 4.49. The van der Waals surface area contributed by atoms with E-state index < -0.39 is 34.1 Å². The molecule has 220 valence electrons. The number of carbonyl (C=O) groups excluding carboxylic acids is 2. The van der Waals surface area contributed by atoms with E-state index in [4.69, 9.17) is 4.74 Å². The average Bonchev–Trinajstić information content (AvgIpc) is 2.91. The van der Waals surface area contributed by atoms with E-state index in [1.165, 1.54) is 24.1 Å². The van der Waals surface area contributed by atoms with E-state index >= 15 is 0 Å². The Morgan fingerprint density at radius 1 is 0.927 bits per heavy atom. The van der Waals surface area contributed by atoms with E-state index in [1.54, 1.807) is 36.4 Å². The number of amides is 2. The molecular weight excluding hydrogens is 538 g/mol. The maximum absolute atomic E-state index is 14.2. The number of anilines is 1. The van der Waals surface area contributed by atoms with Gasteiger partial charge < -0.3 is 15.0 Å². The molecule has 2 amide bonds. The smallest absolute Gasteiger partial charge is 0.264 e. The number of benzene rings is 3. The summed E-state index contributed by atoms with van der Waals surface area (Å²) in [7, 11) is -2.65. The molecule has 0 saturated heterocycles. The van der Waals surface area contributed by atoms with Crippen molar-refractivity contribution >= 4 is 27.5 Å². The van der Waals surface area contributed by atoms with Gasteiger partial charge in [-0.2, -0.15) is 0 Å². The Hall–Kier alpha value is -3.85. The number of sulfonamides is 1. The van der Waals surface area contributed by atoms with E-state index in [-0.39, 0.29) is 17.3 Å². The zero-order valence-corrected chi connectivity index (χ0v) is 25.8. The van der Waals surface area contributed by atoms with Gasteiger partial charge in [-0.1, -0.05) is 54.4 Å². The molecule has 9 heteroatoms. The van der Waals surface area contributed by atoms with Crippen LogP contribution in [0.1, 0.15) is 50.8 Å². The third-order valence-corrected chi connectivity index (χ3v) is 8.36. The van der Waals surface area contributed by atoms with Gasteiger partial charge in [-0.15, -0.1) is 0 Å². The van der Waals surface area contributed by atoms with Gasteiger partial charge in [0.05, 0.1) is 17.7 Å². The molecule has 3 aromatic rings. The van der Waals surface area contributed by atoms with Crippen molar-refractivity contribution in [3.8, 4) is 5.75 Å². The summed E-state index contributed by atoms with van der Waals surface area (Å²) in [6, 6.07) is 19.9. The summed E-state index contributed by atoms with van der Waals surface area (Å²) in [4.78, 5) is 29.1. The first-order valence-corrected chi connectivity index (χ1v) is 15.1. The number of hydrogen-bond acceptors (Lipinski definition) is 5. The molecule has 1 N–H and O–H groups in total. The zero-order valence-electron chi connectivity index (χ0n) is 25.0. The minimum Gasteiger partial charge on any atom is -0.497 e. The molecule has 0 saturated carbocycles. The highest BCUT2D eigenvalue weighted by atomic mass is 32.2. The first-order valence-electron chi connectivity index (χ1n) is 13.7. The SMILES string of the molecule is CC[C@H](C(=O)NC(C)(C)C)N(Cc1cccc(C)c1)C(=O)CN(c1ccc(C)cc1)S(=O)(=O)c1ccc(OC)cc1. The second-order valence-corrected chi connectivity index (χ2v) is 13.1. The number of rotatable bonds is 11. The van der Waals surface area contributed by atoms with E-state index in [2.05, 4.69) is 5.32 Å². The average molecular weight is 580 g/mol. The number of aryl methyl sites for hydroxylation is 2. The van der Waals surface area contributed by atoms with E-state index in [0.717, 1.165) is 21.0 Å². The fourth-order valence-corrected chi connectivity index (χ4v) is 5.91. The summed E-state index contributed by atoms with van der Waals surface area (Å²) < 4.78 is 34.2. The van der Waals surface area contributed by atoms with Crippen LogP contribution in [-0.2, 0) is 26.2 Å². The Bertz CT molecular complexity index is 1450. The molecule has 0 unspecified atom stereocenters. The van der Waals surface area contributed by atoms with Gasteiger partial charge in [0.15, 0.2) is 0 Å². The van der Waals surface area contributed by atoms with Gasteiger partial charge in [0.25, 0.3) is 10.0 Å². The van der Waals surface area contributed by atoms with Crippen molar-refractivity contribution < 1.29 is 22.7 Å². The monoisotopic (exact) mass is 579 g/mol. The second-order valence-electron chi connectivity index (χ2n) is 11.2. The van der Waals surface area contributed by atoms with Crippen LogP contribution in [0.4, 0.5) is 5.69 Å². The molecule has 41 heavy (non-hydrogen) atoms. The number of nitrogens with one attached hydrogen (secondary N) is 1. The molecular formula is C32H41N3O5S. The van der Waals surface area contributed by atoms with E-state index in [1.807, 2.05) is 65.8 Å². The van der Waals surface area contributed by atoms with Crippen LogP contribution in [-0.4, -0.2) is 50.4 Å². The lowest BCUT2D eigenvalue weighted by atomic mass is 10.0. The predicted molar refractivity (Wildman–Crippen MR) is 162 cm³/mol. The highest BCUT2D eigenvalue weighted by Gasteiger charge is 2.34. The van der Waals surface area contributed by atoms with Crippen molar-refractivity contribution in [1.82, 2.24) is 10.2 Å². The van der Waals surface area contributed by atoms with Gasteiger partial charge in [-0.3, -0.25) is 13.9 Å². The molecule has 0 fully saturated rings. The lowest BCUT2D eigenvalue weighted by molar-refractivity contribution is -0.141. The molecule has 3 aromatic carbocycles. The summed E-state index contributed by atoms with van der Waals surface area (Å²) in [5, 5.41) is 2.98. The number of hydrogen-bond donors (Lipinski definition) is 1. The van der Waals surface area contributed by atoms with Gasteiger partial charge in [0, 0.05) is 12.1 Å². The molecule has 0 aliphatic heterocycles. The van der Waals surface area contributed by atoms with Crippen LogP contribution in [0.15, 0.2) is 77.7 Å². The van der Waals surface area contributed by atoms with E-state index in [9.17, 15) is 18.0 Å². The Kier molecular flexibility index (Phi) is 10.2. The summed E-state index contributed by atoms with van der Waals surface area (Å²) in [5.74, 6) is -0.261. The second kappa shape index (κ2) is 13.2. The number of carbonyl (C=O) groups is 2. The molecule has 0 aliphatic carbocycles. The third-order valence-electron chi connectivity index (χ3n) is 6.57. The van der Waals surface area contributed by atoms with Crippen LogP contribution < -0.4 is 14.4 Å². The minimum atomic E-state index is -4.15. The first-order chi connectivity index (χ1) is 19.2. The van der Waals surface area contributed by atoms with E-state index in [0.29, 0.717) is 17.9 Å². The van der Waals surface area contributed by atoms with Gasteiger partial charge in [-0.25, -0.2) is 8.42 Å². The summed E-state index contributed by atoms with van der Waals surface area (Å²) in [6.07, 6.45) is 0.356.